The number of likely N-dealkylation sites (N-methyl/N-ethyl adjacent to an activating group) is 1. The highest BCUT2D eigenvalue weighted by Gasteiger charge is 2.57. The molecule has 0 bridgehead atoms. The van der Waals surface area contributed by atoms with E-state index in [0.717, 1.165) is 24.1 Å². The molecule has 7 heteroatoms. The van der Waals surface area contributed by atoms with Gasteiger partial charge in [0.1, 0.15) is 11.5 Å². The second-order valence-electron chi connectivity index (χ2n) is 12.4. The van der Waals surface area contributed by atoms with Crippen molar-refractivity contribution in [2.24, 2.45) is 0 Å². The molecular weight excluding hydrogens is 528 g/mol. The van der Waals surface area contributed by atoms with Crippen LogP contribution in [0.5, 0.6) is 11.5 Å². The topological polar surface area (TPSA) is 81.9 Å². The lowest BCUT2D eigenvalue weighted by atomic mass is 9.76. The van der Waals surface area contributed by atoms with Crippen molar-refractivity contribution in [1.82, 2.24) is 0 Å². The maximum Gasteiger partial charge on any atom is 0.311 e. The Morgan fingerprint density at radius 3 is 2.14 bits per heavy atom. The molecular formula is C35H48N2O5. The second-order valence-corrected chi connectivity index (χ2v) is 12.4. The molecule has 1 unspecified atom stereocenters. The van der Waals surface area contributed by atoms with Gasteiger partial charge in [-0.15, -0.1) is 0 Å². The van der Waals surface area contributed by atoms with E-state index < -0.39 is 16.1 Å². The van der Waals surface area contributed by atoms with Crippen LogP contribution in [0.2, 0.25) is 0 Å². The zero-order valence-electron chi connectivity index (χ0n) is 26.0. The molecule has 7 nitrogen and oxygen atoms in total. The van der Waals surface area contributed by atoms with E-state index >= 15 is 0 Å². The third-order valence-corrected chi connectivity index (χ3v) is 9.07. The zero-order valence-corrected chi connectivity index (χ0v) is 26.0. The van der Waals surface area contributed by atoms with E-state index in [1.54, 1.807) is 6.07 Å². The Morgan fingerprint density at radius 2 is 1.52 bits per heavy atom. The summed E-state index contributed by atoms with van der Waals surface area (Å²) in [6, 6.07) is 10.4. The van der Waals surface area contributed by atoms with Crippen molar-refractivity contribution in [3.05, 3.63) is 63.7 Å². The number of ether oxygens (including phenoxy) is 2. The quantitative estimate of drug-likeness (QED) is 0.0651. The van der Waals surface area contributed by atoms with Crippen LogP contribution in [0.4, 0.5) is 11.4 Å². The number of unbranched alkanes of at least 4 members (excludes halogenated alkanes) is 12. The largest absolute Gasteiger partial charge is 0.463 e. The van der Waals surface area contributed by atoms with Crippen LogP contribution in [0.1, 0.15) is 122 Å². The summed E-state index contributed by atoms with van der Waals surface area (Å²) in [6.07, 6.45) is 20.8. The summed E-state index contributed by atoms with van der Waals surface area (Å²) in [5.74, 6) is 0.948. The number of carbonyl (C=O) groups is 1. The Balaban J connectivity index is 1.24. The summed E-state index contributed by atoms with van der Waals surface area (Å²) >= 11 is 0. The summed E-state index contributed by atoms with van der Waals surface area (Å²) in [6.45, 7) is 6.47. The van der Waals surface area contributed by atoms with Crippen molar-refractivity contribution < 1.29 is 19.2 Å². The molecule has 2 aromatic carbocycles. The van der Waals surface area contributed by atoms with E-state index in [0.29, 0.717) is 23.5 Å². The fourth-order valence-electron chi connectivity index (χ4n) is 6.43. The van der Waals surface area contributed by atoms with Crippen molar-refractivity contribution >= 4 is 23.4 Å². The molecule has 2 aliphatic heterocycles. The molecule has 0 radical (unpaired) electrons. The lowest BCUT2D eigenvalue weighted by Gasteiger charge is -2.45. The lowest BCUT2D eigenvalue weighted by Crippen LogP contribution is -2.58. The van der Waals surface area contributed by atoms with Gasteiger partial charge in [-0.3, -0.25) is 14.9 Å². The molecule has 0 saturated carbocycles. The minimum Gasteiger partial charge on any atom is -0.463 e. The molecule has 0 fully saturated rings. The van der Waals surface area contributed by atoms with Crippen molar-refractivity contribution in [2.75, 3.05) is 11.9 Å². The lowest BCUT2D eigenvalue weighted by molar-refractivity contribution is -0.384. The second kappa shape index (κ2) is 14.2. The summed E-state index contributed by atoms with van der Waals surface area (Å²) in [4.78, 5) is 25.5. The first-order valence-electron chi connectivity index (χ1n) is 16.0. The average molecular weight is 577 g/mol. The molecule has 2 aromatic rings. The van der Waals surface area contributed by atoms with Gasteiger partial charge >= 0.3 is 5.97 Å². The van der Waals surface area contributed by atoms with Gasteiger partial charge in [-0.2, -0.15) is 0 Å². The Bertz CT molecular complexity index is 1270. The van der Waals surface area contributed by atoms with Gasteiger partial charge < -0.3 is 14.4 Å². The van der Waals surface area contributed by atoms with Crippen LogP contribution in [0.25, 0.3) is 6.08 Å². The van der Waals surface area contributed by atoms with E-state index in [4.69, 9.17) is 9.47 Å². The molecule has 1 spiro atoms. The SMILES string of the molecule is CCCCCCCCCCCCCCCC(=O)Oc1ccc2c(c1)C(C)(C)C1(C=Cc3cc([N+](=O)[O-])ccc3O1)N2C. The first-order valence-corrected chi connectivity index (χ1v) is 16.0. The highest BCUT2D eigenvalue weighted by molar-refractivity contribution is 5.76. The molecule has 0 aliphatic carbocycles. The smallest absolute Gasteiger partial charge is 0.311 e. The van der Waals surface area contributed by atoms with Crippen LogP contribution in [-0.2, 0) is 10.2 Å². The number of rotatable bonds is 16. The van der Waals surface area contributed by atoms with Crippen LogP contribution in [0.3, 0.4) is 0 Å². The number of esters is 1. The van der Waals surface area contributed by atoms with E-state index in [1.165, 1.54) is 82.8 Å². The fourth-order valence-corrected chi connectivity index (χ4v) is 6.43. The van der Waals surface area contributed by atoms with Crippen molar-refractivity contribution in [3.8, 4) is 11.5 Å². The number of hydrogen-bond acceptors (Lipinski definition) is 6. The monoisotopic (exact) mass is 576 g/mol. The van der Waals surface area contributed by atoms with Gasteiger partial charge in [0.25, 0.3) is 5.69 Å². The molecule has 228 valence electrons. The van der Waals surface area contributed by atoms with Crippen LogP contribution in [0, 0.1) is 10.1 Å². The summed E-state index contributed by atoms with van der Waals surface area (Å²) < 4.78 is 12.3. The Hall–Kier alpha value is -3.35. The minimum absolute atomic E-state index is 0.0329. The minimum atomic E-state index is -0.824. The first kappa shape index (κ1) is 31.6. The maximum absolute atomic E-state index is 12.6. The van der Waals surface area contributed by atoms with Crippen molar-refractivity contribution in [3.63, 3.8) is 0 Å². The van der Waals surface area contributed by atoms with E-state index in [1.807, 2.05) is 37.4 Å². The van der Waals surface area contributed by atoms with Gasteiger partial charge in [0, 0.05) is 36.9 Å². The highest BCUT2D eigenvalue weighted by atomic mass is 16.6. The standard InChI is InChI=1S/C35H48N2O5/c1-5-6-7-8-9-10-11-12-13-14-15-16-17-18-33(38)41-29-20-21-31-30(26-29)34(2,3)35(36(31)4)24-23-27-25-28(37(39)40)19-22-32(27)42-35/h19-26H,5-18H2,1-4H3. The number of nitrogens with zero attached hydrogens (tertiary/aromatic N) is 2. The number of hydrogen-bond donors (Lipinski definition) is 0. The number of anilines is 1. The predicted molar refractivity (Wildman–Crippen MR) is 169 cm³/mol. The van der Waals surface area contributed by atoms with Crippen LogP contribution < -0.4 is 14.4 Å². The Kier molecular flexibility index (Phi) is 10.7. The zero-order chi connectivity index (χ0) is 30.2. The normalized spacial score (nSPS) is 18.0. The van der Waals surface area contributed by atoms with Gasteiger partial charge in [0.05, 0.1) is 10.3 Å². The average Bonchev–Trinajstić information content (AvgIpc) is 3.12. The molecule has 2 aliphatic rings. The van der Waals surface area contributed by atoms with Crippen LogP contribution in [-0.4, -0.2) is 23.7 Å². The highest BCUT2D eigenvalue weighted by Crippen LogP contribution is 2.55. The van der Waals surface area contributed by atoms with Crippen LogP contribution in [0.15, 0.2) is 42.5 Å². The van der Waals surface area contributed by atoms with Crippen molar-refractivity contribution in [2.45, 2.75) is 122 Å². The molecule has 42 heavy (non-hydrogen) atoms. The number of non-ortho nitro benzene ring substituents is 1. The number of benzene rings is 2. The van der Waals surface area contributed by atoms with Gasteiger partial charge in [0.15, 0.2) is 0 Å². The Morgan fingerprint density at radius 1 is 0.905 bits per heavy atom. The Labute approximate surface area is 251 Å². The fraction of sp³-hybridized carbons (Fsp3) is 0.571. The molecule has 0 aromatic heterocycles. The summed E-state index contributed by atoms with van der Waals surface area (Å²) in [5.41, 5.74) is 1.40. The van der Waals surface area contributed by atoms with Gasteiger partial charge in [-0.25, -0.2) is 0 Å². The van der Waals surface area contributed by atoms with E-state index in [2.05, 4.69) is 25.7 Å². The van der Waals surface area contributed by atoms with Crippen LogP contribution >= 0.6 is 0 Å². The number of carbonyl (C=O) groups excluding carboxylic acids is 1. The molecule has 1 atom stereocenters. The third kappa shape index (κ3) is 6.99. The third-order valence-electron chi connectivity index (χ3n) is 9.07. The van der Waals surface area contributed by atoms with Gasteiger partial charge in [0.2, 0.25) is 5.72 Å². The molecule has 0 amide bonds. The predicted octanol–water partition coefficient (Wildman–Crippen LogP) is 9.51. The maximum atomic E-state index is 12.6. The summed E-state index contributed by atoms with van der Waals surface area (Å²) in [5, 5.41) is 11.2. The van der Waals surface area contributed by atoms with E-state index in [-0.39, 0.29) is 11.7 Å². The number of nitro benzene ring substituents is 1. The van der Waals surface area contributed by atoms with Gasteiger partial charge in [-0.05, 0) is 62.2 Å². The van der Waals surface area contributed by atoms with Crippen molar-refractivity contribution in [1.29, 1.82) is 0 Å². The molecule has 0 N–H and O–H groups in total. The summed E-state index contributed by atoms with van der Waals surface area (Å²) in [7, 11) is 1.98. The van der Waals surface area contributed by atoms with Gasteiger partial charge in [-0.1, -0.05) is 84.0 Å². The first-order chi connectivity index (χ1) is 20.2. The number of nitro groups is 1. The molecule has 2 heterocycles. The molecule has 4 rings (SSSR count). The van der Waals surface area contributed by atoms with E-state index in [9.17, 15) is 14.9 Å². The molecule has 0 saturated heterocycles. The number of fused-ring (bicyclic) bond motifs is 2.